The minimum atomic E-state index is -0.904. The Morgan fingerprint density at radius 1 is 1.42 bits per heavy atom. The van der Waals surface area contributed by atoms with E-state index in [1.165, 1.54) is 12.8 Å². The smallest absolute Gasteiger partial charge is 0.335 e. The number of aromatic carboxylic acids is 1. The Morgan fingerprint density at radius 2 is 2.16 bits per heavy atom. The standard InChI is InChI=1S/C15H21NO3/c1-2-3-9-16-10-8-14(11-16)19-13-6-4-12(5-7-13)15(17)18/h4-7,14H,2-3,8-11H2,1H3,(H,17,18). The lowest BCUT2D eigenvalue weighted by Gasteiger charge is -2.16. The minimum absolute atomic E-state index is 0.229. The van der Waals surface area contributed by atoms with Gasteiger partial charge in [-0.05, 0) is 43.7 Å². The predicted molar refractivity (Wildman–Crippen MR) is 73.8 cm³/mol. The van der Waals surface area contributed by atoms with E-state index in [1.54, 1.807) is 24.3 Å². The zero-order valence-corrected chi connectivity index (χ0v) is 11.3. The van der Waals surface area contributed by atoms with E-state index in [0.717, 1.165) is 31.8 Å². The van der Waals surface area contributed by atoms with E-state index in [2.05, 4.69) is 11.8 Å². The van der Waals surface area contributed by atoms with Crippen molar-refractivity contribution >= 4 is 5.97 Å². The van der Waals surface area contributed by atoms with Crippen molar-refractivity contribution < 1.29 is 14.6 Å². The van der Waals surface area contributed by atoms with Gasteiger partial charge in [-0.1, -0.05) is 13.3 Å². The largest absolute Gasteiger partial charge is 0.489 e. The van der Waals surface area contributed by atoms with E-state index in [9.17, 15) is 4.79 Å². The van der Waals surface area contributed by atoms with E-state index in [4.69, 9.17) is 9.84 Å². The molecule has 0 saturated carbocycles. The molecule has 0 aliphatic carbocycles. The Kier molecular flexibility index (Phi) is 4.80. The molecule has 1 aromatic rings. The summed E-state index contributed by atoms with van der Waals surface area (Å²) in [5, 5.41) is 8.83. The van der Waals surface area contributed by atoms with Gasteiger partial charge < -0.3 is 9.84 Å². The van der Waals surface area contributed by atoms with Crippen LogP contribution in [0.15, 0.2) is 24.3 Å². The summed E-state index contributed by atoms with van der Waals surface area (Å²) < 4.78 is 5.89. The quantitative estimate of drug-likeness (QED) is 0.857. The van der Waals surface area contributed by atoms with E-state index in [1.807, 2.05) is 0 Å². The fourth-order valence-corrected chi connectivity index (χ4v) is 2.35. The highest BCUT2D eigenvalue weighted by Crippen LogP contribution is 2.19. The van der Waals surface area contributed by atoms with Crippen LogP contribution in [0.5, 0.6) is 5.75 Å². The summed E-state index contributed by atoms with van der Waals surface area (Å²) in [6.45, 7) is 5.42. The van der Waals surface area contributed by atoms with E-state index >= 15 is 0 Å². The minimum Gasteiger partial charge on any atom is -0.489 e. The van der Waals surface area contributed by atoms with Crippen molar-refractivity contribution in [2.45, 2.75) is 32.3 Å². The molecular weight excluding hydrogens is 242 g/mol. The molecule has 1 saturated heterocycles. The molecule has 2 rings (SSSR count). The normalized spacial score (nSPS) is 19.5. The topological polar surface area (TPSA) is 49.8 Å². The molecule has 1 aliphatic rings. The third kappa shape index (κ3) is 3.96. The second-order valence-corrected chi connectivity index (χ2v) is 5.01. The first-order valence-electron chi connectivity index (χ1n) is 6.91. The number of unbranched alkanes of at least 4 members (excludes halogenated alkanes) is 1. The van der Waals surface area contributed by atoms with Crippen molar-refractivity contribution in [3.8, 4) is 5.75 Å². The Bertz CT molecular complexity index is 416. The van der Waals surface area contributed by atoms with Gasteiger partial charge in [0.05, 0.1) is 5.56 Å². The first-order chi connectivity index (χ1) is 9.19. The number of nitrogens with zero attached hydrogens (tertiary/aromatic N) is 1. The molecule has 1 heterocycles. The van der Waals surface area contributed by atoms with Crippen molar-refractivity contribution in [3.63, 3.8) is 0 Å². The molecular formula is C15H21NO3. The average molecular weight is 263 g/mol. The highest BCUT2D eigenvalue weighted by Gasteiger charge is 2.23. The van der Waals surface area contributed by atoms with Crippen LogP contribution in [0.1, 0.15) is 36.5 Å². The zero-order valence-electron chi connectivity index (χ0n) is 11.3. The van der Waals surface area contributed by atoms with E-state index < -0.39 is 5.97 Å². The third-order valence-corrected chi connectivity index (χ3v) is 3.46. The van der Waals surface area contributed by atoms with Crippen LogP contribution >= 0.6 is 0 Å². The van der Waals surface area contributed by atoms with Crippen LogP contribution in [0, 0.1) is 0 Å². The number of rotatable bonds is 6. The molecule has 0 aromatic heterocycles. The van der Waals surface area contributed by atoms with E-state index in [0.29, 0.717) is 5.56 Å². The molecule has 0 amide bonds. The molecule has 4 heteroatoms. The van der Waals surface area contributed by atoms with Crippen molar-refractivity contribution in [2.24, 2.45) is 0 Å². The monoisotopic (exact) mass is 263 g/mol. The number of benzene rings is 1. The number of ether oxygens (including phenoxy) is 1. The fourth-order valence-electron chi connectivity index (χ4n) is 2.35. The molecule has 1 aliphatic heterocycles. The van der Waals surface area contributed by atoms with Gasteiger partial charge in [-0.3, -0.25) is 4.90 Å². The van der Waals surface area contributed by atoms with Crippen molar-refractivity contribution in [1.29, 1.82) is 0 Å². The molecule has 0 bridgehead atoms. The fraction of sp³-hybridized carbons (Fsp3) is 0.533. The van der Waals surface area contributed by atoms with Gasteiger partial charge in [0.25, 0.3) is 0 Å². The summed E-state index contributed by atoms with van der Waals surface area (Å²) >= 11 is 0. The van der Waals surface area contributed by atoms with Crippen LogP contribution < -0.4 is 4.74 Å². The van der Waals surface area contributed by atoms with Gasteiger partial charge >= 0.3 is 5.97 Å². The van der Waals surface area contributed by atoms with Crippen LogP contribution in [0.2, 0.25) is 0 Å². The molecule has 1 aromatic carbocycles. The molecule has 4 nitrogen and oxygen atoms in total. The summed E-state index contributed by atoms with van der Waals surface area (Å²) in [6, 6.07) is 6.64. The maximum Gasteiger partial charge on any atom is 0.335 e. The second kappa shape index (κ2) is 6.57. The first-order valence-corrected chi connectivity index (χ1v) is 6.91. The maximum atomic E-state index is 10.8. The van der Waals surface area contributed by atoms with Crippen molar-refractivity contribution in [2.75, 3.05) is 19.6 Å². The zero-order chi connectivity index (χ0) is 13.7. The number of likely N-dealkylation sites (tertiary alicyclic amines) is 1. The number of carbonyl (C=O) groups is 1. The molecule has 0 radical (unpaired) electrons. The number of hydrogen-bond acceptors (Lipinski definition) is 3. The van der Waals surface area contributed by atoms with Gasteiger partial charge in [0.1, 0.15) is 11.9 Å². The molecule has 1 unspecified atom stereocenters. The van der Waals surface area contributed by atoms with Crippen LogP contribution in [-0.2, 0) is 0 Å². The molecule has 1 fully saturated rings. The van der Waals surface area contributed by atoms with Crippen LogP contribution in [0.3, 0.4) is 0 Å². The lowest BCUT2D eigenvalue weighted by Crippen LogP contribution is -2.25. The molecule has 1 atom stereocenters. The van der Waals surface area contributed by atoms with Gasteiger partial charge in [-0.15, -0.1) is 0 Å². The lowest BCUT2D eigenvalue weighted by atomic mass is 10.2. The molecule has 1 N–H and O–H groups in total. The van der Waals surface area contributed by atoms with Gasteiger partial charge in [0, 0.05) is 13.1 Å². The highest BCUT2D eigenvalue weighted by molar-refractivity contribution is 5.87. The van der Waals surface area contributed by atoms with Crippen molar-refractivity contribution in [1.82, 2.24) is 4.90 Å². The maximum absolute atomic E-state index is 10.8. The highest BCUT2D eigenvalue weighted by atomic mass is 16.5. The predicted octanol–water partition coefficient (Wildman–Crippen LogP) is 2.64. The summed E-state index contributed by atoms with van der Waals surface area (Å²) in [4.78, 5) is 13.2. The SMILES string of the molecule is CCCCN1CCC(Oc2ccc(C(=O)O)cc2)C1. The third-order valence-electron chi connectivity index (χ3n) is 3.46. The summed E-state index contributed by atoms with van der Waals surface area (Å²) in [5.74, 6) is -0.148. The Labute approximate surface area is 114 Å². The average Bonchev–Trinajstić information content (AvgIpc) is 2.84. The number of hydrogen-bond donors (Lipinski definition) is 1. The van der Waals surface area contributed by atoms with Crippen LogP contribution in [0.25, 0.3) is 0 Å². The summed E-state index contributed by atoms with van der Waals surface area (Å²) in [5.41, 5.74) is 0.295. The Balaban J connectivity index is 1.83. The van der Waals surface area contributed by atoms with Crippen LogP contribution in [-0.4, -0.2) is 41.7 Å². The van der Waals surface area contributed by atoms with Crippen molar-refractivity contribution in [3.05, 3.63) is 29.8 Å². The molecule has 0 spiro atoms. The molecule has 19 heavy (non-hydrogen) atoms. The van der Waals surface area contributed by atoms with Gasteiger partial charge in [0.15, 0.2) is 0 Å². The second-order valence-electron chi connectivity index (χ2n) is 5.01. The Hall–Kier alpha value is -1.55. The van der Waals surface area contributed by atoms with Gasteiger partial charge in [0.2, 0.25) is 0 Å². The first kappa shape index (κ1) is 13.9. The number of carboxylic acid groups (broad SMARTS) is 1. The Morgan fingerprint density at radius 3 is 2.79 bits per heavy atom. The lowest BCUT2D eigenvalue weighted by molar-refractivity contribution is 0.0697. The summed E-state index contributed by atoms with van der Waals surface area (Å²) in [6.07, 6.45) is 3.73. The van der Waals surface area contributed by atoms with E-state index in [-0.39, 0.29) is 6.10 Å². The summed E-state index contributed by atoms with van der Waals surface area (Å²) in [7, 11) is 0. The molecule has 104 valence electrons. The van der Waals surface area contributed by atoms with Gasteiger partial charge in [-0.25, -0.2) is 4.79 Å². The number of carboxylic acids is 1. The van der Waals surface area contributed by atoms with Crippen LogP contribution in [0.4, 0.5) is 0 Å². The van der Waals surface area contributed by atoms with Gasteiger partial charge in [-0.2, -0.15) is 0 Å².